The summed E-state index contributed by atoms with van der Waals surface area (Å²) in [6.07, 6.45) is 3.49. The first-order valence-electron chi connectivity index (χ1n) is 6.67. The van der Waals surface area contributed by atoms with Crippen LogP contribution < -0.4 is 4.74 Å². The lowest BCUT2D eigenvalue weighted by molar-refractivity contribution is -0.131. The average Bonchev–Trinajstić information content (AvgIpc) is 2.85. The molecule has 21 heavy (non-hydrogen) atoms. The molecule has 0 fully saturated rings. The molecule has 2 rings (SSSR count). The van der Waals surface area contributed by atoms with Crippen molar-refractivity contribution in [3.63, 3.8) is 0 Å². The van der Waals surface area contributed by atoms with E-state index in [1.807, 2.05) is 38.1 Å². The molecule has 0 bridgehead atoms. The van der Waals surface area contributed by atoms with E-state index in [2.05, 4.69) is 4.98 Å². The molecular weight excluding hydrogens is 286 g/mol. The highest BCUT2D eigenvalue weighted by Crippen LogP contribution is 2.23. The van der Waals surface area contributed by atoms with E-state index in [4.69, 9.17) is 9.84 Å². The Morgan fingerprint density at radius 3 is 2.95 bits per heavy atom. The van der Waals surface area contributed by atoms with Crippen molar-refractivity contribution in [1.29, 1.82) is 0 Å². The fourth-order valence-electron chi connectivity index (χ4n) is 1.86. The molecule has 0 aliphatic rings. The average molecular weight is 303 g/mol. The Morgan fingerprint density at radius 1 is 1.48 bits per heavy atom. The molecule has 0 amide bonds. The summed E-state index contributed by atoms with van der Waals surface area (Å²) in [4.78, 5) is 16.0. The van der Waals surface area contributed by atoms with Crippen LogP contribution in [0.1, 0.15) is 28.1 Å². The second-order valence-corrected chi connectivity index (χ2v) is 5.66. The largest absolute Gasteiger partial charge is 0.486 e. The number of thiazole rings is 1. The van der Waals surface area contributed by atoms with Crippen molar-refractivity contribution in [2.45, 2.75) is 26.9 Å². The van der Waals surface area contributed by atoms with Crippen LogP contribution in [0.5, 0.6) is 5.75 Å². The van der Waals surface area contributed by atoms with Crippen LogP contribution >= 0.6 is 11.3 Å². The van der Waals surface area contributed by atoms with Gasteiger partial charge in [-0.15, -0.1) is 11.3 Å². The fourth-order valence-corrected chi connectivity index (χ4v) is 2.83. The highest BCUT2D eigenvalue weighted by atomic mass is 32.1. The zero-order valence-corrected chi connectivity index (χ0v) is 12.8. The zero-order chi connectivity index (χ0) is 15.2. The van der Waals surface area contributed by atoms with Gasteiger partial charge in [-0.05, 0) is 37.1 Å². The number of rotatable bonds is 6. The Labute approximate surface area is 127 Å². The molecule has 0 saturated heterocycles. The maximum absolute atomic E-state index is 10.6. The maximum Gasteiger partial charge on any atom is 0.328 e. The number of hydrogen-bond acceptors (Lipinski definition) is 4. The predicted molar refractivity (Wildman–Crippen MR) is 83.7 cm³/mol. The fraction of sp³-hybridized carbons (Fsp3) is 0.250. The number of aryl methyl sites for hydroxylation is 2. The van der Waals surface area contributed by atoms with Crippen molar-refractivity contribution >= 4 is 23.4 Å². The predicted octanol–water partition coefficient (Wildman–Crippen LogP) is 3.69. The highest BCUT2D eigenvalue weighted by molar-refractivity contribution is 7.12. The molecule has 5 heteroatoms. The number of nitrogens with zero attached hydrogens (tertiary/aromatic N) is 1. The molecule has 1 heterocycles. The molecule has 0 atom stereocenters. The van der Waals surface area contributed by atoms with Gasteiger partial charge in [0.25, 0.3) is 0 Å². The van der Waals surface area contributed by atoms with Crippen LogP contribution in [0.3, 0.4) is 0 Å². The third-order valence-corrected chi connectivity index (χ3v) is 3.87. The molecule has 0 unspecified atom stereocenters. The van der Waals surface area contributed by atoms with Crippen molar-refractivity contribution in [1.82, 2.24) is 4.98 Å². The normalized spacial score (nSPS) is 11.0. The summed E-state index contributed by atoms with van der Waals surface area (Å²) in [6.45, 7) is 4.40. The van der Waals surface area contributed by atoms with Gasteiger partial charge in [0.05, 0.1) is 10.6 Å². The second-order valence-electron chi connectivity index (χ2n) is 4.55. The molecule has 1 aromatic heterocycles. The lowest BCUT2D eigenvalue weighted by Crippen LogP contribution is -1.95. The Balaban J connectivity index is 2.08. The number of aliphatic carboxylic acids is 1. The van der Waals surface area contributed by atoms with Gasteiger partial charge in [0.1, 0.15) is 17.4 Å². The van der Waals surface area contributed by atoms with Gasteiger partial charge in [0, 0.05) is 6.08 Å². The highest BCUT2D eigenvalue weighted by Gasteiger charge is 2.08. The van der Waals surface area contributed by atoms with Gasteiger partial charge in [-0.25, -0.2) is 9.78 Å². The molecule has 0 spiro atoms. The summed E-state index contributed by atoms with van der Waals surface area (Å²) < 4.78 is 5.72. The van der Waals surface area contributed by atoms with E-state index in [1.54, 1.807) is 6.08 Å². The first kappa shape index (κ1) is 15.3. The first-order valence-corrected chi connectivity index (χ1v) is 7.49. The van der Waals surface area contributed by atoms with Crippen LogP contribution in [-0.4, -0.2) is 16.1 Å². The van der Waals surface area contributed by atoms with Gasteiger partial charge < -0.3 is 9.84 Å². The van der Waals surface area contributed by atoms with Gasteiger partial charge >= 0.3 is 5.97 Å². The van der Waals surface area contributed by atoms with Crippen LogP contribution in [0.15, 0.2) is 30.3 Å². The smallest absolute Gasteiger partial charge is 0.328 e. The monoisotopic (exact) mass is 303 g/mol. The van der Waals surface area contributed by atoms with Crippen LogP contribution in [0.4, 0.5) is 0 Å². The van der Waals surface area contributed by atoms with E-state index < -0.39 is 5.97 Å². The van der Waals surface area contributed by atoms with Crippen molar-refractivity contribution < 1.29 is 14.6 Å². The van der Waals surface area contributed by atoms with Crippen molar-refractivity contribution in [3.8, 4) is 5.75 Å². The number of benzene rings is 1. The van der Waals surface area contributed by atoms with E-state index in [-0.39, 0.29) is 0 Å². The Hall–Kier alpha value is -2.14. The van der Waals surface area contributed by atoms with E-state index in [1.165, 1.54) is 11.3 Å². The quantitative estimate of drug-likeness (QED) is 0.827. The van der Waals surface area contributed by atoms with Crippen molar-refractivity contribution in [2.24, 2.45) is 0 Å². The molecule has 110 valence electrons. The Bertz CT molecular complexity index is 661. The zero-order valence-electron chi connectivity index (χ0n) is 12.0. The third-order valence-electron chi connectivity index (χ3n) is 2.84. The SMILES string of the molecule is CCc1nc(COc2cccc(C)c2)sc1/C=C/C(=O)O. The van der Waals surface area contributed by atoms with Gasteiger partial charge in [0.2, 0.25) is 0 Å². The number of carboxylic acid groups (broad SMARTS) is 1. The van der Waals surface area contributed by atoms with E-state index >= 15 is 0 Å². The summed E-state index contributed by atoms with van der Waals surface area (Å²) >= 11 is 1.46. The van der Waals surface area contributed by atoms with Crippen LogP contribution in [0.25, 0.3) is 6.08 Å². The number of carboxylic acids is 1. The van der Waals surface area contributed by atoms with Gasteiger partial charge in [-0.3, -0.25) is 0 Å². The van der Waals surface area contributed by atoms with Gasteiger partial charge in [-0.1, -0.05) is 19.1 Å². The standard InChI is InChI=1S/C16H17NO3S/c1-3-13-14(7-8-16(18)19)21-15(17-13)10-20-12-6-4-5-11(2)9-12/h4-9H,3,10H2,1-2H3,(H,18,19)/b8-7+. The Morgan fingerprint density at radius 2 is 2.29 bits per heavy atom. The third kappa shape index (κ3) is 4.43. The van der Waals surface area contributed by atoms with Crippen molar-refractivity contribution in [2.75, 3.05) is 0 Å². The second kappa shape index (κ2) is 7.04. The molecule has 1 aromatic carbocycles. The van der Waals surface area contributed by atoms with E-state index in [0.717, 1.165) is 39.4 Å². The molecule has 1 N–H and O–H groups in total. The van der Waals surface area contributed by atoms with Crippen molar-refractivity contribution in [3.05, 3.63) is 51.5 Å². The summed E-state index contributed by atoms with van der Waals surface area (Å²) in [6, 6.07) is 7.84. The van der Waals surface area contributed by atoms with E-state index in [0.29, 0.717) is 6.61 Å². The molecular formula is C16H17NO3S. The summed E-state index contributed by atoms with van der Waals surface area (Å²) in [7, 11) is 0. The lowest BCUT2D eigenvalue weighted by atomic mass is 10.2. The van der Waals surface area contributed by atoms with Crippen LogP contribution in [0, 0.1) is 6.92 Å². The topological polar surface area (TPSA) is 59.4 Å². The molecule has 0 aliphatic carbocycles. The van der Waals surface area contributed by atoms with E-state index in [9.17, 15) is 4.79 Å². The first-order chi connectivity index (χ1) is 10.1. The minimum atomic E-state index is -0.956. The maximum atomic E-state index is 10.6. The van der Waals surface area contributed by atoms with Gasteiger partial charge in [-0.2, -0.15) is 0 Å². The Kier molecular flexibility index (Phi) is 5.11. The van der Waals surface area contributed by atoms with Gasteiger partial charge in [0.15, 0.2) is 0 Å². The summed E-state index contributed by atoms with van der Waals surface area (Å²) in [5.74, 6) is -0.145. The lowest BCUT2D eigenvalue weighted by Gasteiger charge is -2.04. The minimum Gasteiger partial charge on any atom is -0.486 e. The molecule has 0 aliphatic heterocycles. The summed E-state index contributed by atoms with van der Waals surface area (Å²) in [5.41, 5.74) is 2.05. The van der Waals surface area contributed by atoms with Crippen LogP contribution in [-0.2, 0) is 17.8 Å². The molecule has 0 radical (unpaired) electrons. The molecule has 0 saturated carbocycles. The summed E-state index contributed by atoms with van der Waals surface area (Å²) in [5, 5.41) is 9.54. The molecule has 2 aromatic rings. The number of aromatic nitrogens is 1. The molecule has 4 nitrogen and oxygen atoms in total. The van der Waals surface area contributed by atoms with Crippen LogP contribution in [0.2, 0.25) is 0 Å². The number of ether oxygens (including phenoxy) is 1. The minimum absolute atomic E-state index is 0.391. The number of carbonyl (C=O) groups is 1. The number of hydrogen-bond donors (Lipinski definition) is 1.